The van der Waals surface area contributed by atoms with E-state index in [0.29, 0.717) is 18.9 Å². The first-order chi connectivity index (χ1) is 9.94. The van der Waals surface area contributed by atoms with Crippen molar-refractivity contribution in [2.45, 2.75) is 82.8 Å². The van der Waals surface area contributed by atoms with Crippen molar-refractivity contribution in [3.05, 3.63) is 0 Å². The molecule has 2 aliphatic carbocycles. The van der Waals surface area contributed by atoms with Crippen LogP contribution in [0.25, 0.3) is 0 Å². The van der Waals surface area contributed by atoms with E-state index in [1.807, 2.05) is 0 Å². The number of hydrogen-bond acceptors (Lipinski definition) is 2. The lowest BCUT2D eigenvalue weighted by atomic mass is 9.68. The van der Waals surface area contributed by atoms with Crippen LogP contribution in [0.5, 0.6) is 0 Å². The zero-order valence-electron chi connectivity index (χ0n) is 12.7. The second kappa shape index (κ2) is 5.41. The van der Waals surface area contributed by atoms with E-state index in [9.17, 15) is 13.2 Å². The van der Waals surface area contributed by atoms with Crippen LogP contribution in [0.3, 0.4) is 0 Å². The van der Waals surface area contributed by atoms with E-state index >= 15 is 0 Å². The van der Waals surface area contributed by atoms with Gasteiger partial charge >= 0.3 is 6.18 Å². The number of ether oxygens (including phenoxy) is 2. The molecule has 3 aliphatic rings. The van der Waals surface area contributed by atoms with Crippen molar-refractivity contribution in [2.24, 2.45) is 11.3 Å². The van der Waals surface area contributed by atoms with Gasteiger partial charge in [-0.25, -0.2) is 0 Å². The van der Waals surface area contributed by atoms with Gasteiger partial charge in [-0.05, 0) is 44.4 Å². The fourth-order valence-electron chi connectivity index (χ4n) is 5.02. The predicted molar refractivity (Wildman–Crippen MR) is 72.8 cm³/mol. The van der Waals surface area contributed by atoms with Gasteiger partial charge in [0.25, 0.3) is 0 Å². The van der Waals surface area contributed by atoms with Crippen LogP contribution in [0.4, 0.5) is 13.2 Å². The van der Waals surface area contributed by atoms with Gasteiger partial charge in [0.2, 0.25) is 0 Å². The fraction of sp³-hybridized carbons (Fsp3) is 1.00. The molecule has 1 saturated heterocycles. The highest BCUT2D eigenvalue weighted by Gasteiger charge is 2.65. The molecule has 2 saturated carbocycles. The molecule has 0 spiro atoms. The minimum absolute atomic E-state index is 0.0463. The van der Waals surface area contributed by atoms with E-state index in [-0.39, 0.29) is 11.8 Å². The number of alkyl halides is 3. The largest absolute Gasteiger partial charge is 0.414 e. The highest BCUT2D eigenvalue weighted by Crippen LogP contribution is 2.63. The van der Waals surface area contributed by atoms with Crippen LogP contribution in [0, 0.1) is 11.3 Å². The summed E-state index contributed by atoms with van der Waals surface area (Å²) in [5.74, 6) is -0.494. The molecule has 0 N–H and O–H groups in total. The quantitative estimate of drug-likeness (QED) is 0.741. The monoisotopic (exact) mass is 306 g/mol. The Hall–Kier alpha value is -0.290. The summed E-state index contributed by atoms with van der Waals surface area (Å²) in [7, 11) is 0. The van der Waals surface area contributed by atoms with Crippen molar-refractivity contribution in [3.63, 3.8) is 0 Å². The second-order valence-corrected chi connectivity index (χ2v) is 6.90. The predicted octanol–water partition coefficient (Wildman–Crippen LogP) is 4.82. The van der Waals surface area contributed by atoms with Crippen LogP contribution >= 0.6 is 0 Å². The molecule has 122 valence electrons. The zero-order valence-corrected chi connectivity index (χ0v) is 12.7. The molecule has 0 radical (unpaired) electrons. The number of hydrogen-bond donors (Lipinski definition) is 0. The maximum Gasteiger partial charge on any atom is 0.414 e. The highest BCUT2D eigenvalue weighted by molar-refractivity contribution is 5.07. The SMILES string of the molecule is CCC(OC12CCCC1(C1CCCC1)CCO2)C(F)(F)F. The Kier molecular flexibility index (Phi) is 4.02. The Balaban J connectivity index is 1.86. The minimum atomic E-state index is -4.31. The minimum Gasteiger partial charge on any atom is -0.349 e. The summed E-state index contributed by atoms with van der Waals surface area (Å²) in [5, 5.41) is 0. The van der Waals surface area contributed by atoms with Crippen molar-refractivity contribution < 1.29 is 22.6 Å². The summed E-state index contributed by atoms with van der Waals surface area (Å²) < 4.78 is 51.0. The average molecular weight is 306 g/mol. The van der Waals surface area contributed by atoms with Crippen molar-refractivity contribution in [2.75, 3.05) is 6.61 Å². The normalized spacial score (nSPS) is 38.9. The van der Waals surface area contributed by atoms with Gasteiger partial charge in [-0.3, -0.25) is 0 Å². The fourth-order valence-corrected chi connectivity index (χ4v) is 5.02. The van der Waals surface area contributed by atoms with E-state index in [2.05, 4.69) is 0 Å². The third-order valence-corrected chi connectivity index (χ3v) is 5.98. The highest BCUT2D eigenvalue weighted by atomic mass is 19.4. The molecule has 2 nitrogen and oxygen atoms in total. The van der Waals surface area contributed by atoms with Crippen molar-refractivity contribution in [3.8, 4) is 0 Å². The Morgan fingerprint density at radius 2 is 1.86 bits per heavy atom. The second-order valence-electron chi connectivity index (χ2n) is 6.90. The summed E-state index contributed by atoms with van der Waals surface area (Å²) in [6.07, 6.45) is 1.95. The maximum atomic E-state index is 13.1. The zero-order chi connectivity index (χ0) is 15.1. The molecule has 3 fully saturated rings. The number of halogens is 3. The van der Waals surface area contributed by atoms with Gasteiger partial charge in [0.1, 0.15) is 0 Å². The van der Waals surface area contributed by atoms with Crippen molar-refractivity contribution >= 4 is 0 Å². The van der Waals surface area contributed by atoms with Gasteiger partial charge in [-0.15, -0.1) is 0 Å². The van der Waals surface area contributed by atoms with Crippen molar-refractivity contribution in [1.82, 2.24) is 0 Å². The molecule has 0 bridgehead atoms. The molecule has 0 aromatic heterocycles. The Morgan fingerprint density at radius 3 is 2.48 bits per heavy atom. The summed E-state index contributed by atoms with van der Waals surface area (Å²) in [6.45, 7) is 2.08. The van der Waals surface area contributed by atoms with Gasteiger partial charge in [0.05, 0.1) is 6.61 Å². The molecule has 3 rings (SSSR count). The van der Waals surface area contributed by atoms with Crippen LogP contribution in [-0.4, -0.2) is 24.7 Å². The van der Waals surface area contributed by atoms with Gasteiger partial charge in [-0.1, -0.05) is 19.8 Å². The first kappa shape index (κ1) is 15.6. The molecular weight excluding hydrogens is 281 g/mol. The number of rotatable bonds is 4. The molecule has 1 heterocycles. The molecular formula is C16H25F3O2. The maximum absolute atomic E-state index is 13.1. The molecule has 5 heteroatoms. The lowest BCUT2D eigenvalue weighted by Gasteiger charge is -2.45. The van der Waals surface area contributed by atoms with Gasteiger partial charge in [-0.2, -0.15) is 13.2 Å². The van der Waals surface area contributed by atoms with Gasteiger partial charge in [0.15, 0.2) is 11.9 Å². The van der Waals surface area contributed by atoms with E-state index in [0.717, 1.165) is 32.1 Å². The topological polar surface area (TPSA) is 18.5 Å². The first-order valence-electron chi connectivity index (χ1n) is 8.32. The Morgan fingerprint density at radius 1 is 1.14 bits per heavy atom. The summed E-state index contributed by atoms with van der Waals surface area (Å²) in [5.41, 5.74) is -0.165. The van der Waals surface area contributed by atoms with Crippen LogP contribution in [0.1, 0.15) is 64.7 Å². The smallest absolute Gasteiger partial charge is 0.349 e. The lowest BCUT2D eigenvalue weighted by Crippen LogP contribution is -2.51. The molecule has 3 atom stereocenters. The molecule has 21 heavy (non-hydrogen) atoms. The van der Waals surface area contributed by atoms with Gasteiger partial charge < -0.3 is 9.47 Å². The van der Waals surface area contributed by atoms with Crippen LogP contribution in [0.15, 0.2) is 0 Å². The average Bonchev–Trinajstić information content (AvgIpc) is 3.08. The van der Waals surface area contributed by atoms with Gasteiger partial charge in [0, 0.05) is 11.8 Å². The molecule has 0 aromatic rings. The Bertz CT molecular complexity index is 364. The summed E-state index contributed by atoms with van der Waals surface area (Å²) in [4.78, 5) is 0. The van der Waals surface area contributed by atoms with Crippen LogP contribution in [-0.2, 0) is 9.47 Å². The first-order valence-corrected chi connectivity index (χ1v) is 8.32. The molecule has 0 amide bonds. The third-order valence-electron chi connectivity index (χ3n) is 5.98. The van der Waals surface area contributed by atoms with E-state index in [1.165, 1.54) is 19.8 Å². The van der Waals surface area contributed by atoms with E-state index in [4.69, 9.17) is 9.47 Å². The Labute approximate surface area is 124 Å². The molecule has 1 aliphatic heterocycles. The number of fused-ring (bicyclic) bond motifs is 1. The summed E-state index contributed by atoms with van der Waals surface area (Å²) in [6, 6.07) is 0. The van der Waals surface area contributed by atoms with Crippen LogP contribution < -0.4 is 0 Å². The van der Waals surface area contributed by atoms with E-state index < -0.39 is 18.1 Å². The van der Waals surface area contributed by atoms with Crippen LogP contribution in [0.2, 0.25) is 0 Å². The standard InChI is InChI=1S/C16H25F3O2/c1-2-13(16(17,18)19)21-15-9-5-8-14(15,10-11-20-15)12-6-3-4-7-12/h12-13H,2-11H2,1H3. The lowest BCUT2D eigenvalue weighted by molar-refractivity contribution is -0.332. The van der Waals surface area contributed by atoms with Crippen molar-refractivity contribution in [1.29, 1.82) is 0 Å². The molecule has 0 aromatic carbocycles. The molecule has 3 unspecified atom stereocenters. The third kappa shape index (κ3) is 2.40. The van der Waals surface area contributed by atoms with E-state index in [1.54, 1.807) is 0 Å². The summed E-state index contributed by atoms with van der Waals surface area (Å²) >= 11 is 0.